The summed E-state index contributed by atoms with van der Waals surface area (Å²) in [7, 11) is -3.78. The minimum absolute atomic E-state index is 0.0950. The highest BCUT2D eigenvalue weighted by Gasteiger charge is 2.19. The first-order valence-electron chi connectivity index (χ1n) is 6.46. The van der Waals surface area contributed by atoms with E-state index in [2.05, 4.69) is 13.8 Å². The Labute approximate surface area is 115 Å². The quantitative estimate of drug-likeness (QED) is 0.780. The maximum Gasteiger partial charge on any atom is 0.240 e. The van der Waals surface area contributed by atoms with Gasteiger partial charge in [0.2, 0.25) is 10.0 Å². The van der Waals surface area contributed by atoms with Gasteiger partial charge in [0, 0.05) is 18.8 Å². The van der Waals surface area contributed by atoms with Crippen molar-refractivity contribution >= 4 is 21.4 Å². The summed E-state index contributed by atoms with van der Waals surface area (Å²) in [4.78, 5) is 2.12. The molecule has 0 amide bonds. The number of hydrogen-bond donors (Lipinski definition) is 2. The first-order valence-corrected chi connectivity index (χ1v) is 8.01. The number of nitrogen functional groups attached to an aromatic ring is 1. The Morgan fingerprint density at radius 1 is 1.32 bits per heavy atom. The van der Waals surface area contributed by atoms with Crippen molar-refractivity contribution in [3.05, 3.63) is 18.2 Å². The van der Waals surface area contributed by atoms with E-state index in [1.54, 1.807) is 12.1 Å². The molecule has 1 aromatic carbocycles. The van der Waals surface area contributed by atoms with Crippen LogP contribution in [-0.2, 0) is 10.0 Å². The van der Waals surface area contributed by atoms with Crippen LogP contribution >= 0.6 is 0 Å². The van der Waals surface area contributed by atoms with Crippen molar-refractivity contribution in [3.63, 3.8) is 0 Å². The van der Waals surface area contributed by atoms with E-state index in [9.17, 15) is 8.42 Å². The molecule has 0 heterocycles. The monoisotopic (exact) mass is 285 g/mol. The summed E-state index contributed by atoms with van der Waals surface area (Å²) in [6.45, 7) is 7.75. The number of sulfonamides is 1. The lowest BCUT2D eigenvalue weighted by Gasteiger charge is -2.28. The van der Waals surface area contributed by atoms with Crippen LogP contribution in [0.15, 0.2) is 23.1 Å². The van der Waals surface area contributed by atoms with Crippen molar-refractivity contribution in [3.8, 4) is 0 Å². The summed E-state index contributed by atoms with van der Waals surface area (Å²) in [6, 6.07) is 4.84. The van der Waals surface area contributed by atoms with Gasteiger partial charge in [-0.05, 0) is 31.0 Å². The Balaban J connectivity index is 3.24. The van der Waals surface area contributed by atoms with Crippen LogP contribution in [0.5, 0.6) is 0 Å². The van der Waals surface area contributed by atoms with Crippen molar-refractivity contribution in [2.75, 3.05) is 23.7 Å². The van der Waals surface area contributed by atoms with Crippen LogP contribution in [0.3, 0.4) is 0 Å². The molecule has 0 aliphatic rings. The van der Waals surface area contributed by atoms with E-state index in [1.165, 1.54) is 6.07 Å². The van der Waals surface area contributed by atoms with Gasteiger partial charge in [0.25, 0.3) is 0 Å². The smallest absolute Gasteiger partial charge is 0.240 e. The molecule has 0 radical (unpaired) electrons. The van der Waals surface area contributed by atoms with Crippen LogP contribution in [0.2, 0.25) is 0 Å². The minimum atomic E-state index is -3.78. The third kappa shape index (κ3) is 4.11. The Morgan fingerprint density at radius 3 is 2.42 bits per heavy atom. The number of nitrogens with zero attached hydrogens (tertiary/aromatic N) is 1. The van der Waals surface area contributed by atoms with Gasteiger partial charge in [0.1, 0.15) is 4.90 Å². The summed E-state index contributed by atoms with van der Waals surface area (Å²) < 4.78 is 23.4. The van der Waals surface area contributed by atoms with Crippen LogP contribution in [0, 0.1) is 5.92 Å². The van der Waals surface area contributed by atoms with Gasteiger partial charge in [-0.2, -0.15) is 0 Å². The predicted octanol–water partition coefficient (Wildman–Crippen LogP) is 1.79. The fourth-order valence-corrected chi connectivity index (χ4v) is 2.71. The fourth-order valence-electron chi connectivity index (χ4n) is 1.92. The number of nitrogens with two attached hydrogens (primary N) is 2. The van der Waals surface area contributed by atoms with Gasteiger partial charge in [-0.15, -0.1) is 0 Å². The molecule has 1 rings (SSSR count). The van der Waals surface area contributed by atoms with E-state index >= 15 is 0 Å². The Kier molecular flexibility index (Phi) is 5.20. The van der Waals surface area contributed by atoms with E-state index in [-0.39, 0.29) is 4.90 Å². The standard InChI is InChI=1S/C13H23N3O2S/c1-4-10(3)9-16(5-2)12-7-6-11(14)8-13(12)19(15,17)18/h6-8,10H,4-5,9,14H2,1-3H3,(H2,15,17,18). The topological polar surface area (TPSA) is 89.4 Å². The van der Waals surface area contributed by atoms with Gasteiger partial charge in [0.05, 0.1) is 5.69 Å². The zero-order valence-electron chi connectivity index (χ0n) is 11.8. The predicted molar refractivity (Wildman–Crippen MR) is 79.6 cm³/mol. The first-order chi connectivity index (χ1) is 8.79. The molecule has 0 bridgehead atoms. The Bertz CT molecular complexity index is 529. The molecule has 4 N–H and O–H groups in total. The average Bonchev–Trinajstić information content (AvgIpc) is 2.34. The van der Waals surface area contributed by atoms with E-state index in [0.29, 0.717) is 17.3 Å². The highest BCUT2D eigenvalue weighted by Crippen LogP contribution is 2.27. The molecule has 108 valence electrons. The maximum absolute atomic E-state index is 11.7. The van der Waals surface area contributed by atoms with Crippen LogP contribution in [0.1, 0.15) is 27.2 Å². The van der Waals surface area contributed by atoms with Crippen molar-refractivity contribution in [1.29, 1.82) is 0 Å². The summed E-state index contributed by atoms with van der Waals surface area (Å²) in [5, 5.41) is 5.27. The van der Waals surface area contributed by atoms with E-state index in [1.807, 2.05) is 11.8 Å². The van der Waals surface area contributed by atoms with Gasteiger partial charge in [-0.25, -0.2) is 13.6 Å². The minimum Gasteiger partial charge on any atom is -0.399 e. The van der Waals surface area contributed by atoms with Crippen LogP contribution in [-0.4, -0.2) is 21.5 Å². The summed E-state index contributed by atoms with van der Waals surface area (Å²) in [5.74, 6) is 0.478. The van der Waals surface area contributed by atoms with Gasteiger partial charge < -0.3 is 10.6 Å². The number of primary sulfonamides is 1. The number of hydrogen-bond acceptors (Lipinski definition) is 4. The van der Waals surface area contributed by atoms with Crippen molar-refractivity contribution in [2.45, 2.75) is 32.1 Å². The van der Waals surface area contributed by atoms with Gasteiger partial charge >= 0.3 is 0 Å². The maximum atomic E-state index is 11.7. The molecule has 1 unspecified atom stereocenters. The third-order valence-electron chi connectivity index (χ3n) is 3.24. The summed E-state index contributed by atoms with van der Waals surface area (Å²) in [6.07, 6.45) is 1.04. The highest BCUT2D eigenvalue weighted by atomic mass is 32.2. The molecule has 1 aromatic rings. The number of anilines is 2. The molecular formula is C13H23N3O2S. The van der Waals surface area contributed by atoms with Gasteiger partial charge in [-0.3, -0.25) is 0 Å². The second-order valence-electron chi connectivity index (χ2n) is 4.82. The Hall–Kier alpha value is -1.27. The van der Waals surface area contributed by atoms with E-state index in [4.69, 9.17) is 10.9 Å². The summed E-state index contributed by atoms with van der Waals surface area (Å²) in [5.41, 5.74) is 6.67. The molecule has 6 heteroatoms. The largest absolute Gasteiger partial charge is 0.399 e. The SMILES string of the molecule is CCC(C)CN(CC)c1ccc(N)cc1S(N)(=O)=O. The number of rotatable bonds is 6. The van der Waals surface area contributed by atoms with E-state index < -0.39 is 10.0 Å². The van der Waals surface area contributed by atoms with Crippen molar-refractivity contribution < 1.29 is 8.42 Å². The second kappa shape index (κ2) is 6.25. The molecule has 0 spiro atoms. The summed E-state index contributed by atoms with van der Waals surface area (Å²) >= 11 is 0. The average molecular weight is 285 g/mol. The van der Waals surface area contributed by atoms with Gasteiger partial charge in [0.15, 0.2) is 0 Å². The molecule has 5 nitrogen and oxygen atoms in total. The highest BCUT2D eigenvalue weighted by molar-refractivity contribution is 7.89. The normalized spacial score (nSPS) is 13.3. The Morgan fingerprint density at radius 2 is 1.95 bits per heavy atom. The first kappa shape index (κ1) is 15.8. The zero-order chi connectivity index (χ0) is 14.6. The fraction of sp³-hybridized carbons (Fsp3) is 0.538. The van der Waals surface area contributed by atoms with Crippen molar-refractivity contribution in [2.24, 2.45) is 11.1 Å². The molecule has 1 atom stereocenters. The molecule has 19 heavy (non-hydrogen) atoms. The van der Waals surface area contributed by atoms with Crippen LogP contribution in [0.25, 0.3) is 0 Å². The zero-order valence-corrected chi connectivity index (χ0v) is 12.6. The van der Waals surface area contributed by atoms with Crippen molar-refractivity contribution in [1.82, 2.24) is 0 Å². The van der Waals surface area contributed by atoms with E-state index in [0.717, 1.165) is 19.5 Å². The molecule has 0 aliphatic carbocycles. The molecular weight excluding hydrogens is 262 g/mol. The molecule has 0 aliphatic heterocycles. The lowest BCUT2D eigenvalue weighted by atomic mass is 10.1. The second-order valence-corrected chi connectivity index (χ2v) is 6.35. The van der Waals surface area contributed by atoms with Crippen LogP contribution in [0.4, 0.5) is 11.4 Å². The lowest BCUT2D eigenvalue weighted by molar-refractivity contribution is 0.545. The lowest BCUT2D eigenvalue weighted by Crippen LogP contribution is -2.30. The molecule has 0 fully saturated rings. The van der Waals surface area contributed by atoms with Crippen LogP contribution < -0.4 is 15.8 Å². The molecule has 0 saturated carbocycles. The molecule has 0 aromatic heterocycles. The number of benzene rings is 1. The molecule has 0 saturated heterocycles. The van der Waals surface area contributed by atoms with Gasteiger partial charge in [-0.1, -0.05) is 20.3 Å². The third-order valence-corrected chi connectivity index (χ3v) is 4.18.